The van der Waals surface area contributed by atoms with Crippen molar-refractivity contribution in [3.05, 3.63) is 0 Å². The molecule has 1 nitrogen and oxygen atoms in total. The van der Waals surface area contributed by atoms with E-state index in [0.29, 0.717) is 6.10 Å². The molecule has 2 heteroatoms. The molecule has 0 aromatic carbocycles. The summed E-state index contributed by atoms with van der Waals surface area (Å²) in [5.41, 5.74) is 0. The van der Waals surface area contributed by atoms with Gasteiger partial charge < -0.3 is 0 Å². The van der Waals surface area contributed by atoms with E-state index in [-0.39, 0.29) is 0 Å². The molecule has 2 atom stereocenters. The predicted molar refractivity (Wildman–Crippen MR) is 36.5 cm³/mol. The molecule has 0 amide bonds. The zero-order chi connectivity index (χ0) is 6.97. The molecule has 0 unspecified atom stereocenters. The molecule has 1 saturated heterocycles. The van der Waals surface area contributed by atoms with Crippen LogP contribution in [0.5, 0.6) is 0 Å². The van der Waals surface area contributed by atoms with E-state index in [9.17, 15) is 0 Å². The summed E-state index contributed by atoms with van der Waals surface area (Å²) >= 11 is 2.99. The van der Waals surface area contributed by atoms with Crippen molar-refractivity contribution < 1.29 is 20.6 Å². The Hall–Kier alpha value is 0.362. The van der Waals surface area contributed by atoms with Crippen LogP contribution < -0.4 is 0 Å². The fourth-order valence-electron chi connectivity index (χ4n) is 1.99. The molecule has 0 radical (unpaired) electrons. The van der Waals surface area contributed by atoms with Gasteiger partial charge in [0.25, 0.3) is 0 Å². The van der Waals surface area contributed by atoms with Crippen LogP contribution in [0.1, 0.15) is 32.1 Å². The standard InChI is InChI=1S/C8H12O.Cr/c1-2-4-8-7(3-1)5-6-9-8;/h7-8H,1-5H2;/t7-,8+;/m0./s1. The predicted octanol–water partition coefficient (Wildman–Crippen LogP) is 1.64. The summed E-state index contributed by atoms with van der Waals surface area (Å²) in [4.78, 5) is 0. The van der Waals surface area contributed by atoms with E-state index in [4.69, 9.17) is 4.74 Å². The van der Waals surface area contributed by atoms with Gasteiger partial charge in [-0.05, 0) is 0 Å². The van der Waals surface area contributed by atoms with Crippen molar-refractivity contribution in [2.75, 3.05) is 0 Å². The maximum absolute atomic E-state index is 5.63. The molecular weight excluding hydrogens is 164 g/mol. The number of hydrogen-bond donors (Lipinski definition) is 0. The van der Waals surface area contributed by atoms with Crippen LogP contribution in [0.25, 0.3) is 0 Å². The molecule has 0 bridgehead atoms. The average molecular weight is 176 g/mol. The van der Waals surface area contributed by atoms with Crippen LogP contribution in [-0.2, 0) is 20.6 Å². The fraction of sp³-hybridized carbons (Fsp3) is 0.875. The summed E-state index contributed by atoms with van der Waals surface area (Å²) in [6, 6.07) is 0. The van der Waals surface area contributed by atoms with Crippen LogP contribution in [0.4, 0.5) is 0 Å². The molecule has 2 rings (SSSR count). The second-order valence-corrected chi connectivity index (χ2v) is 3.99. The van der Waals surface area contributed by atoms with Gasteiger partial charge in [-0.3, -0.25) is 0 Å². The molecule has 2 fully saturated rings. The molecule has 1 heterocycles. The first-order chi connectivity index (χ1) is 4.86. The minimum absolute atomic E-state index is 0.574. The summed E-state index contributed by atoms with van der Waals surface area (Å²) in [6.07, 6.45) is 7.22. The van der Waals surface area contributed by atoms with Crippen LogP contribution in [0.3, 0.4) is 0 Å². The van der Waals surface area contributed by atoms with Gasteiger partial charge in [-0.1, -0.05) is 0 Å². The topological polar surface area (TPSA) is 9.23 Å². The Morgan fingerprint density at radius 3 is 2.90 bits per heavy atom. The van der Waals surface area contributed by atoms with Crippen LogP contribution in [0.15, 0.2) is 0 Å². The maximum atomic E-state index is 5.63. The van der Waals surface area contributed by atoms with Crippen LogP contribution in [0, 0.1) is 5.92 Å². The van der Waals surface area contributed by atoms with Crippen LogP contribution in [-0.4, -0.2) is 10.7 Å². The molecule has 0 aromatic heterocycles. The summed E-state index contributed by atoms with van der Waals surface area (Å²) < 4.78 is 6.78. The van der Waals surface area contributed by atoms with Gasteiger partial charge in [-0.15, -0.1) is 0 Å². The second kappa shape index (κ2) is 2.77. The Labute approximate surface area is 69.7 Å². The van der Waals surface area contributed by atoms with E-state index in [1.54, 1.807) is 0 Å². The van der Waals surface area contributed by atoms with Crippen LogP contribution in [0.2, 0.25) is 0 Å². The Morgan fingerprint density at radius 1 is 1.30 bits per heavy atom. The molecular formula is C8H12CrO. The first kappa shape index (κ1) is 7.04. The van der Waals surface area contributed by atoms with E-state index >= 15 is 0 Å². The number of ether oxygens (including phenoxy) is 1. The summed E-state index contributed by atoms with van der Waals surface area (Å²) in [7, 11) is 0. The first-order valence-corrected chi connectivity index (χ1v) is 4.69. The van der Waals surface area contributed by atoms with Gasteiger partial charge in [0, 0.05) is 0 Å². The van der Waals surface area contributed by atoms with Crippen molar-refractivity contribution in [1.29, 1.82) is 0 Å². The molecule has 10 heavy (non-hydrogen) atoms. The molecule has 2 aliphatic rings. The van der Waals surface area contributed by atoms with Gasteiger partial charge in [-0.2, -0.15) is 0 Å². The van der Waals surface area contributed by atoms with Crippen molar-refractivity contribution >= 4 is 4.57 Å². The summed E-state index contributed by atoms with van der Waals surface area (Å²) in [6.45, 7) is 0. The quantitative estimate of drug-likeness (QED) is 0.545. The van der Waals surface area contributed by atoms with E-state index in [1.165, 1.54) is 32.1 Å². The molecule has 56 valence electrons. The molecule has 0 aromatic rings. The Bertz CT molecular complexity index is 139. The summed E-state index contributed by atoms with van der Waals surface area (Å²) in [5.74, 6) is 0.852. The van der Waals surface area contributed by atoms with E-state index in [0.717, 1.165) is 10.5 Å². The zero-order valence-electron chi connectivity index (χ0n) is 6.01. The van der Waals surface area contributed by atoms with Crippen molar-refractivity contribution in [3.63, 3.8) is 0 Å². The molecule has 1 aliphatic heterocycles. The monoisotopic (exact) mass is 176 g/mol. The number of rotatable bonds is 0. The van der Waals surface area contributed by atoms with E-state index in [1.807, 2.05) is 0 Å². The van der Waals surface area contributed by atoms with Crippen LogP contribution >= 0.6 is 0 Å². The van der Waals surface area contributed by atoms with Crippen molar-refractivity contribution in [1.82, 2.24) is 0 Å². The minimum atomic E-state index is 0.574. The first-order valence-electron chi connectivity index (χ1n) is 4.06. The Morgan fingerprint density at radius 2 is 2.10 bits per heavy atom. The van der Waals surface area contributed by atoms with Gasteiger partial charge in [0.15, 0.2) is 0 Å². The Balaban J connectivity index is 2.04. The van der Waals surface area contributed by atoms with E-state index < -0.39 is 0 Å². The van der Waals surface area contributed by atoms with Gasteiger partial charge in [0.05, 0.1) is 0 Å². The van der Waals surface area contributed by atoms with Crippen molar-refractivity contribution in [2.24, 2.45) is 5.92 Å². The molecule has 1 aliphatic carbocycles. The number of fused-ring (bicyclic) bond motifs is 1. The molecule has 0 N–H and O–H groups in total. The van der Waals surface area contributed by atoms with Crippen molar-refractivity contribution in [3.8, 4) is 0 Å². The van der Waals surface area contributed by atoms with Gasteiger partial charge in [0.1, 0.15) is 0 Å². The van der Waals surface area contributed by atoms with Gasteiger partial charge >= 0.3 is 69.3 Å². The second-order valence-electron chi connectivity index (χ2n) is 3.28. The normalized spacial score (nSPS) is 39.8. The third-order valence-corrected chi connectivity index (χ3v) is 2.96. The third kappa shape index (κ3) is 1.21. The summed E-state index contributed by atoms with van der Waals surface area (Å²) in [5, 5.41) is 0. The molecule has 0 spiro atoms. The van der Waals surface area contributed by atoms with E-state index in [2.05, 4.69) is 15.9 Å². The van der Waals surface area contributed by atoms with Gasteiger partial charge in [0.2, 0.25) is 0 Å². The van der Waals surface area contributed by atoms with Crippen molar-refractivity contribution in [2.45, 2.75) is 38.2 Å². The molecule has 1 saturated carbocycles. The zero-order valence-corrected chi connectivity index (χ0v) is 7.28. The number of hydrogen-bond acceptors (Lipinski definition) is 1. The SMILES string of the molecule is [Cr]=[C]1C[C@@H]2CCCC[C@H]2O1. The van der Waals surface area contributed by atoms with Gasteiger partial charge in [-0.25, -0.2) is 0 Å². The Kier molecular flexibility index (Phi) is 1.95. The fourth-order valence-corrected chi connectivity index (χ4v) is 2.52. The third-order valence-electron chi connectivity index (χ3n) is 2.55. The average Bonchev–Trinajstić information content (AvgIpc) is 2.27.